The van der Waals surface area contributed by atoms with Crippen molar-refractivity contribution in [1.82, 2.24) is 4.57 Å². The van der Waals surface area contributed by atoms with Crippen LogP contribution in [-0.2, 0) is 0 Å². The first kappa shape index (κ1) is 35.2. The Balaban J connectivity index is 1.00. The van der Waals surface area contributed by atoms with Crippen LogP contribution in [0.3, 0.4) is 0 Å². The molecule has 0 amide bonds. The summed E-state index contributed by atoms with van der Waals surface area (Å²) in [5.41, 5.74) is 16.3. The van der Waals surface area contributed by atoms with E-state index in [-0.39, 0.29) is 0 Å². The van der Waals surface area contributed by atoms with Crippen molar-refractivity contribution in [2.75, 3.05) is 4.90 Å². The van der Waals surface area contributed by atoms with E-state index in [1.54, 1.807) is 0 Å². The van der Waals surface area contributed by atoms with Gasteiger partial charge in [-0.1, -0.05) is 182 Å². The van der Waals surface area contributed by atoms with Gasteiger partial charge in [-0.05, 0) is 111 Å². The van der Waals surface area contributed by atoms with Gasteiger partial charge in [0.1, 0.15) is 0 Å². The van der Waals surface area contributed by atoms with Gasteiger partial charge in [0.15, 0.2) is 0 Å². The zero-order chi connectivity index (χ0) is 39.8. The Bertz CT molecular complexity index is 3200. The maximum Gasteiger partial charge on any atom is 0.0619 e. The number of benzene rings is 10. The van der Waals surface area contributed by atoms with Crippen LogP contribution in [0.25, 0.3) is 82.8 Å². The molecule has 0 N–H and O–H groups in total. The minimum absolute atomic E-state index is 1.09. The van der Waals surface area contributed by atoms with Gasteiger partial charge in [-0.2, -0.15) is 0 Å². The lowest BCUT2D eigenvalue weighted by atomic mass is 9.97. The molecular weight excluding hydrogens is 725 g/mol. The second kappa shape index (κ2) is 15.1. The lowest BCUT2D eigenvalue weighted by molar-refractivity contribution is 1.19. The number of para-hydroxylation sites is 1. The molecule has 1 aromatic heterocycles. The average molecular weight is 765 g/mol. The normalized spacial score (nSPS) is 11.3. The van der Waals surface area contributed by atoms with Crippen molar-refractivity contribution in [3.8, 4) is 50.2 Å². The molecule has 0 aliphatic heterocycles. The average Bonchev–Trinajstić information content (AvgIpc) is 3.68. The lowest BCUT2D eigenvalue weighted by Crippen LogP contribution is -2.10. The summed E-state index contributed by atoms with van der Waals surface area (Å²) < 4.78 is 2.42. The number of fused-ring (bicyclic) bond motifs is 5. The molecule has 11 aromatic rings. The van der Waals surface area contributed by atoms with Gasteiger partial charge in [0.25, 0.3) is 0 Å². The Kier molecular flexibility index (Phi) is 8.87. The molecule has 10 aromatic carbocycles. The van der Waals surface area contributed by atoms with Gasteiger partial charge in [0.05, 0.1) is 11.0 Å². The fourth-order valence-electron chi connectivity index (χ4n) is 8.82. The summed E-state index contributed by atoms with van der Waals surface area (Å²) in [6.45, 7) is 0. The van der Waals surface area contributed by atoms with Gasteiger partial charge in [-0.25, -0.2) is 0 Å². The molecule has 0 fully saturated rings. The molecule has 0 radical (unpaired) electrons. The number of anilines is 3. The zero-order valence-electron chi connectivity index (χ0n) is 33.0. The van der Waals surface area contributed by atoms with Crippen LogP contribution in [-0.4, -0.2) is 4.57 Å². The second-order valence-electron chi connectivity index (χ2n) is 15.4. The van der Waals surface area contributed by atoms with Crippen LogP contribution < -0.4 is 4.90 Å². The summed E-state index contributed by atoms with van der Waals surface area (Å²) in [7, 11) is 0. The molecule has 1 heterocycles. The quantitative estimate of drug-likeness (QED) is 0.150. The fraction of sp³-hybridized carbons (Fsp3) is 0. The SMILES string of the molecule is c1ccc(-c2ccc(N(c3ccc(-c4ccc(-n5c6ccccc6c6ccc7ccccc7c65)cc4)cc3)c3cc(-c4ccccc4)cc(-c4ccccc4)c3)cc2)cc1. The molecule has 0 bridgehead atoms. The third kappa shape index (κ3) is 6.41. The summed E-state index contributed by atoms with van der Waals surface area (Å²) in [4.78, 5) is 2.38. The van der Waals surface area contributed by atoms with Crippen LogP contribution in [0.1, 0.15) is 0 Å². The van der Waals surface area contributed by atoms with Gasteiger partial charge < -0.3 is 9.47 Å². The molecule has 2 nitrogen and oxygen atoms in total. The predicted molar refractivity (Wildman–Crippen MR) is 255 cm³/mol. The molecule has 11 rings (SSSR count). The van der Waals surface area contributed by atoms with E-state index in [4.69, 9.17) is 0 Å². The Morgan fingerprint density at radius 3 is 1.25 bits per heavy atom. The Morgan fingerprint density at radius 2 is 0.700 bits per heavy atom. The third-order valence-corrected chi connectivity index (χ3v) is 11.8. The van der Waals surface area contributed by atoms with Gasteiger partial charge in [0, 0.05) is 38.9 Å². The molecule has 0 saturated heterocycles. The monoisotopic (exact) mass is 764 g/mol. The topological polar surface area (TPSA) is 8.17 Å². The van der Waals surface area contributed by atoms with Crippen molar-refractivity contribution in [3.05, 3.63) is 243 Å². The van der Waals surface area contributed by atoms with Crippen LogP contribution >= 0.6 is 0 Å². The second-order valence-corrected chi connectivity index (χ2v) is 15.4. The van der Waals surface area contributed by atoms with Crippen molar-refractivity contribution >= 4 is 49.6 Å². The highest BCUT2D eigenvalue weighted by atomic mass is 15.1. The van der Waals surface area contributed by atoms with E-state index in [1.807, 2.05) is 0 Å². The molecule has 0 aliphatic carbocycles. The first-order chi connectivity index (χ1) is 29.7. The van der Waals surface area contributed by atoms with E-state index >= 15 is 0 Å². The van der Waals surface area contributed by atoms with Gasteiger partial charge >= 0.3 is 0 Å². The molecule has 0 unspecified atom stereocenters. The van der Waals surface area contributed by atoms with Crippen molar-refractivity contribution in [2.24, 2.45) is 0 Å². The van der Waals surface area contributed by atoms with E-state index < -0.39 is 0 Å². The Labute approximate surface area is 350 Å². The van der Waals surface area contributed by atoms with Crippen LogP contribution in [0.15, 0.2) is 243 Å². The van der Waals surface area contributed by atoms with Crippen molar-refractivity contribution in [2.45, 2.75) is 0 Å². The van der Waals surface area contributed by atoms with Crippen molar-refractivity contribution in [3.63, 3.8) is 0 Å². The third-order valence-electron chi connectivity index (χ3n) is 11.8. The fourth-order valence-corrected chi connectivity index (χ4v) is 8.82. The highest BCUT2D eigenvalue weighted by molar-refractivity contribution is 6.18. The molecule has 0 spiro atoms. The van der Waals surface area contributed by atoms with E-state index in [0.717, 1.165) is 22.7 Å². The molecule has 0 saturated carbocycles. The van der Waals surface area contributed by atoms with Crippen LogP contribution in [0.2, 0.25) is 0 Å². The standard InChI is InChI=1S/C58H40N2/c1-4-14-41(15-5-1)44-24-31-50(32-25-44)59(53-39-48(42-16-6-2-7-17-42)38-49(40-53)43-18-8-3-9-19-43)51-33-26-45(27-34-51)46-28-35-52(36-29-46)60-57-23-13-12-22-55(57)56-37-30-47-20-10-11-21-54(47)58(56)60/h1-40H. The van der Waals surface area contributed by atoms with Crippen molar-refractivity contribution < 1.29 is 0 Å². The largest absolute Gasteiger partial charge is 0.310 e. The first-order valence-corrected chi connectivity index (χ1v) is 20.6. The number of hydrogen-bond donors (Lipinski definition) is 0. The maximum absolute atomic E-state index is 2.42. The summed E-state index contributed by atoms with van der Waals surface area (Å²) in [6.07, 6.45) is 0. The number of hydrogen-bond acceptors (Lipinski definition) is 1. The van der Waals surface area contributed by atoms with Gasteiger partial charge in [0.2, 0.25) is 0 Å². The molecular formula is C58H40N2. The van der Waals surface area contributed by atoms with Crippen LogP contribution in [0, 0.1) is 0 Å². The summed E-state index contributed by atoms with van der Waals surface area (Å²) in [6, 6.07) is 87.8. The summed E-state index contributed by atoms with van der Waals surface area (Å²) in [5.74, 6) is 0. The van der Waals surface area contributed by atoms with Gasteiger partial charge in [-0.3, -0.25) is 0 Å². The van der Waals surface area contributed by atoms with Crippen LogP contribution in [0.5, 0.6) is 0 Å². The molecule has 282 valence electrons. The number of nitrogens with zero attached hydrogens (tertiary/aromatic N) is 2. The summed E-state index contributed by atoms with van der Waals surface area (Å²) in [5, 5.41) is 5.04. The smallest absolute Gasteiger partial charge is 0.0619 e. The van der Waals surface area contributed by atoms with E-state index in [2.05, 4.69) is 252 Å². The van der Waals surface area contributed by atoms with E-state index in [0.29, 0.717) is 0 Å². The van der Waals surface area contributed by atoms with E-state index in [1.165, 1.54) is 77.1 Å². The Hall–Kier alpha value is -7.94. The summed E-state index contributed by atoms with van der Waals surface area (Å²) >= 11 is 0. The van der Waals surface area contributed by atoms with Crippen LogP contribution in [0.4, 0.5) is 17.1 Å². The van der Waals surface area contributed by atoms with Crippen molar-refractivity contribution in [1.29, 1.82) is 0 Å². The lowest BCUT2D eigenvalue weighted by Gasteiger charge is -2.27. The molecule has 60 heavy (non-hydrogen) atoms. The van der Waals surface area contributed by atoms with Gasteiger partial charge in [-0.15, -0.1) is 0 Å². The molecule has 0 atom stereocenters. The van der Waals surface area contributed by atoms with E-state index in [9.17, 15) is 0 Å². The first-order valence-electron chi connectivity index (χ1n) is 20.6. The Morgan fingerprint density at radius 1 is 0.267 bits per heavy atom. The zero-order valence-corrected chi connectivity index (χ0v) is 33.0. The highest BCUT2D eigenvalue weighted by Crippen LogP contribution is 2.42. The minimum Gasteiger partial charge on any atom is -0.310 e. The molecule has 0 aliphatic rings. The minimum atomic E-state index is 1.09. The predicted octanol–water partition coefficient (Wildman–Crippen LogP) is 16.1. The number of aromatic nitrogens is 1. The maximum atomic E-state index is 2.42. The molecule has 2 heteroatoms. The number of rotatable bonds is 8. The highest BCUT2D eigenvalue weighted by Gasteiger charge is 2.18.